The lowest BCUT2D eigenvalue weighted by molar-refractivity contribution is 0.102. The fourth-order valence-electron chi connectivity index (χ4n) is 2.40. The minimum atomic E-state index is 0.0969. The highest BCUT2D eigenvalue weighted by Crippen LogP contribution is 2.20. The van der Waals surface area contributed by atoms with Crippen molar-refractivity contribution in [3.63, 3.8) is 0 Å². The SMILES string of the molecule is C=CCn1c(C)cc(C(=O)CSc2nncn2CCOC)c1C. The van der Waals surface area contributed by atoms with Crippen LogP contribution in [0, 0.1) is 13.8 Å². The molecule has 0 aliphatic heterocycles. The quantitative estimate of drug-likeness (QED) is 0.400. The number of rotatable bonds is 9. The second-order valence-corrected chi connectivity index (χ2v) is 6.14. The first-order valence-corrected chi connectivity index (χ1v) is 8.37. The van der Waals surface area contributed by atoms with E-state index in [0.29, 0.717) is 25.4 Å². The topological polar surface area (TPSA) is 61.9 Å². The highest BCUT2D eigenvalue weighted by molar-refractivity contribution is 7.99. The van der Waals surface area contributed by atoms with Gasteiger partial charge in [-0.15, -0.1) is 16.8 Å². The standard InChI is InChI=1S/C16H22N4O2S/c1-5-6-20-12(2)9-14(13(20)3)15(21)10-23-16-18-17-11-19(16)7-8-22-4/h5,9,11H,1,6-8,10H2,2-4H3. The molecular weight excluding hydrogens is 312 g/mol. The first-order valence-electron chi connectivity index (χ1n) is 7.38. The van der Waals surface area contributed by atoms with Crippen molar-refractivity contribution in [2.75, 3.05) is 19.5 Å². The zero-order chi connectivity index (χ0) is 16.8. The Labute approximate surface area is 140 Å². The summed E-state index contributed by atoms with van der Waals surface area (Å²) in [5.41, 5.74) is 2.81. The molecule has 23 heavy (non-hydrogen) atoms. The smallest absolute Gasteiger partial charge is 0.191 e. The molecule has 0 bridgehead atoms. The van der Waals surface area contributed by atoms with E-state index < -0.39 is 0 Å². The van der Waals surface area contributed by atoms with Crippen molar-refractivity contribution in [3.05, 3.63) is 42.0 Å². The van der Waals surface area contributed by atoms with Gasteiger partial charge >= 0.3 is 0 Å². The monoisotopic (exact) mass is 334 g/mol. The highest BCUT2D eigenvalue weighted by atomic mass is 32.2. The molecule has 0 amide bonds. The van der Waals surface area contributed by atoms with E-state index in [2.05, 4.69) is 21.3 Å². The third-order valence-corrected chi connectivity index (χ3v) is 4.62. The van der Waals surface area contributed by atoms with Gasteiger partial charge in [0.05, 0.1) is 12.4 Å². The van der Waals surface area contributed by atoms with E-state index in [1.54, 1.807) is 13.4 Å². The molecule has 0 spiro atoms. The number of carbonyl (C=O) groups excluding carboxylic acids is 1. The third-order valence-electron chi connectivity index (χ3n) is 3.63. The predicted octanol–water partition coefficient (Wildman–Crippen LogP) is 2.50. The Hall–Kier alpha value is -1.86. The first-order chi connectivity index (χ1) is 11.1. The van der Waals surface area contributed by atoms with E-state index in [0.717, 1.165) is 22.1 Å². The maximum atomic E-state index is 12.5. The molecule has 7 heteroatoms. The molecule has 0 aliphatic carbocycles. The first kappa shape index (κ1) is 17.5. The van der Waals surface area contributed by atoms with E-state index in [9.17, 15) is 4.79 Å². The Morgan fingerprint density at radius 2 is 2.26 bits per heavy atom. The van der Waals surface area contributed by atoms with Gasteiger partial charge in [-0.2, -0.15) is 0 Å². The number of ketones is 1. The van der Waals surface area contributed by atoms with Gasteiger partial charge in [-0.3, -0.25) is 4.79 Å². The van der Waals surface area contributed by atoms with Gasteiger partial charge in [0, 0.05) is 37.2 Å². The van der Waals surface area contributed by atoms with Gasteiger partial charge in [-0.1, -0.05) is 17.8 Å². The molecule has 2 aromatic heterocycles. The maximum absolute atomic E-state index is 12.5. The van der Waals surface area contributed by atoms with Crippen LogP contribution < -0.4 is 0 Å². The molecule has 2 aromatic rings. The Balaban J connectivity index is 2.04. The highest BCUT2D eigenvalue weighted by Gasteiger charge is 2.16. The van der Waals surface area contributed by atoms with Crippen molar-refractivity contribution in [2.45, 2.75) is 32.1 Å². The molecule has 0 saturated heterocycles. The lowest BCUT2D eigenvalue weighted by atomic mass is 10.2. The molecule has 0 N–H and O–H groups in total. The number of ether oxygens (including phenoxy) is 1. The lowest BCUT2D eigenvalue weighted by Crippen LogP contribution is -2.08. The van der Waals surface area contributed by atoms with Crippen LogP contribution in [0.4, 0.5) is 0 Å². The van der Waals surface area contributed by atoms with Gasteiger partial charge in [0.1, 0.15) is 6.33 Å². The van der Waals surface area contributed by atoms with Gasteiger partial charge < -0.3 is 13.9 Å². The van der Waals surface area contributed by atoms with Crippen molar-refractivity contribution < 1.29 is 9.53 Å². The van der Waals surface area contributed by atoms with Crippen molar-refractivity contribution in [2.24, 2.45) is 0 Å². The fraction of sp³-hybridized carbons (Fsp3) is 0.438. The van der Waals surface area contributed by atoms with Gasteiger partial charge in [-0.05, 0) is 19.9 Å². The average molecular weight is 334 g/mol. The van der Waals surface area contributed by atoms with E-state index in [1.165, 1.54) is 11.8 Å². The normalized spacial score (nSPS) is 10.9. The van der Waals surface area contributed by atoms with Crippen LogP contribution in [0.2, 0.25) is 0 Å². The summed E-state index contributed by atoms with van der Waals surface area (Å²) in [5.74, 6) is 0.434. The Kier molecular flexibility index (Phi) is 6.18. The predicted molar refractivity (Wildman–Crippen MR) is 91.1 cm³/mol. The Bertz CT molecular complexity index is 690. The van der Waals surface area contributed by atoms with Crippen LogP contribution in [0.3, 0.4) is 0 Å². The number of aryl methyl sites for hydroxylation is 1. The summed E-state index contributed by atoms with van der Waals surface area (Å²) in [6.45, 7) is 9.70. The van der Waals surface area contributed by atoms with Crippen LogP contribution in [0.15, 0.2) is 30.2 Å². The van der Waals surface area contributed by atoms with Gasteiger partial charge in [0.15, 0.2) is 10.9 Å². The van der Waals surface area contributed by atoms with Crippen LogP contribution in [0.5, 0.6) is 0 Å². The zero-order valence-corrected chi connectivity index (χ0v) is 14.6. The van der Waals surface area contributed by atoms with Crippen LogP contribution in [-0.2, 0) is 17.8 Å². The number of hydrogen-bond donors (Lipinski definition) is 0. The summed E-state index contributed by atoms with van der Waals surface area (Å²) >= 11 is 1.40. The van der Waals surface area contributed by atoms with Crippen LogP contribution in [0.1, 0.15) is 21.7 Å². The summed E-state index contributed by atoms with van der Waals surface area (Å²) in [4.78, 5) is 12.5. The van der Waals surface area contributed by atoms with Crippen molar-refractivity contribution in [1.29, 1.82) is 0 Å². The number of carbonyl (C=O) groups is 1. The van der Waals surface area contributed by atoms with Crippen LogP contribution in [-0.4, -0.2) is 44.6 Å². The molecule has 124 valence electrons. The summed E-state index contributed by atoms with van der Waals surface area (Å²) < 4.78 is 9.04. The molecule has 0 radical (unpaired) electrons. The van der Waals surface area contributed by atoms with Gasteiger partial charge in [0.2, 0.25) is 0 Å². The van der Waals surface area contributed by atoms with Crippen LogP contribution >= 0.6 is 11.8 Å². The zero-order valence-electron chi connectivity index (χ0n) is 13.8. The third kappa shape index (κ3) is 4.11. The molecule has 0 aliphatic rings. The molecule has 0 unspecified atom stereocenters. The molecule has 0 fully saturated rings. The number of aromatic nitrogens is 4. The average Bonchev–Trinajstić information content (AvgIpc) is 3.10. The molecule has 2 heterocycles. The minimum Gasteiger partial charge on any atom is -0.383 e. The minimum absolute atomic E-state index is 0.0969. The number of nitrogens with zero attached hydrogens (tertiary/aromatic N) is 4. The Morgan fingerprint density at radius 3 is 2.96 bits per heavy atom. The van der Waals surface area contributed by atoms with E-state index >= 15 is 0 Å². The van der Waals surface area contributed by atoms with Gasteiger partial charge in [-0.25, -0.2) is 0 Å². The molecule has 6 nitrogen and oxygen atoms in total. The molecular formula is C16H22N4O2S. The number of allylic oxidation sites excluding steroid dienone is 1. The number of Topliss-reactive ketones (excluding diaryl/α,β-unsaturated/α-hetero) is 1. The van der Waals surface area contributed by atoms with Gasteiger partial charge in [0.25, 0.3) is 0 Å². The summed E-state index contributed by atoms with van der Waals surface area (Å²) in [5, 5.41) is 8.69. The summed E-state index contributed by atoms with van der Waals surface area (Å²) in [6.07, 6.45) is 3.49. The summed E-state index contributed by atoms with van der Waals surface area (Å²) in [7, 11) is 1.65. The van der Waals surface area contributed by atoms with E-state index in [-0.39, 0.29) is 5.78 Å². The molecule has 0 atom stereocenters. The number of methoxy groups -OCH3 is 1. The second kappa shape index (κ2) is 8.12. The van der Waals surface area contributed by atoms with E-state index in [4.69, 9.17) is 4.74 Å². The largest absolute Gasteiger partial charge is 0.383 e. The van der Waals surface area contributed by atoms with Crippen molar-refractivity contribution >= 4 is 17.5 Å². The molecule has 0 aromatic carbocycles. The van der Waals surface area contributed by atoms with Crippen molar-refractivity contribution in [1.82, 2.24) is 19.3 Å². The Morgan fingerprint density at radius 1 is 1.48 bits per heavy atom. The summed E-state index contributed by atoms with van der Waals surface area (Å²) in [6, 6.07) is 1.94. The lowest BCUT2D eigenvalue weighted by Gasteiger charge is -2.07. The molecule has 0 saturated carbocycles. The maximum Gasteiger partial charge on any atom is 0.191 e. The van der Waals surface area contributed by atoms with Crippen molar-refractivity contribution in [3.8, 4) is 0 Å². The second-order valence-electron chi connectivity index (χ2n) is 5.20. The molecule has 2 rings (SSSR count). The number of hydrogen-bond acceptors (Lipinski definition) is 5. The van der Waals surface area contributed by atoms with Crippen LogP contribution in [0.25, 0.3) is 0 Å². The van der Waals surface area contributed by atoms with E-state index in [1.807, 2.05) is 30.6 Å². The fourth-order valence-corrected chi connectivity index (χ4v) is 3.23. The number of thioether (sulfide) groups is 1.